The number of pyridine rings is 4. The SMILES string of the molecule is COc1nc(C(F)(F)F)ccc1-c1cc(N)c(Cl)c(C(=O)O)n1.Nc1c(Cl)c(C(=O)O)nc(-c2ccc(C(F)(F)F)nc2)c1Cl. The third-order valence-corrected chi connectivity index (χ3v) is 6.61. The summed E-state index contributed by atoms with van der Waals surface area (Å²) in [7, 11) is 1.13. The Hall–Kier alpha value is -4.61. The predicted octanol–water partition coefficient (Wildman–Crippen LogP) is 6.85. The van der Waals surface area contributed by atoms with Crippen molar-refractivity contribution in [3.05, 3.63) is 74.4 Å². The minimum atomic E-state index is -4.65. The molecule has 0 radical (unpaired) electrons. The second-order valence-electron chi connectivity index (χ2n) is 8.40. The molecule has 238 valence electrons. The van der Waals surface area contributed by atoms with Crippen LogP contribution < -0.4 is 16.2 Å². The standard InChI is InChI=1S/C13H9ClF3N3O3.C12H6Cl2F3N3O2/c1-23-11-5(2-3-8(20-11)13(15,16)17)7-4-6(18)9(14)10(19-7)12(21)22;13-6-8(18)7(14)10(11(21)22)20-9(6)4-1-2-5(19-3-4)12(15,16)17/h2-4H,1H3,(H2,18,19)(H,21,22);1-3H,(H2,18,20)(H,21,22). The molecule has 45 heavy (non-hydrogen) atoms. The summed E-state index contributed by atoms with van der Waals surface area (Å²) in [6, 6.07) is 4.80. The third kappa shape index (κ3) is 7.73. The highest BCUT2D eigenvalue weighted by Crippen LogP contribution is 2.38. The molecule has 0 amide bonds. The molecule has 11 nitrogen and oxygen atoms in total. The lowest BCUT2D eigenvalue weighted by atomic mass is 10.1. The number of halogens is 9. The molecule has 0 aromatic carbocycles. The highest BCUT2D eigenvalue weighted by atomic mass is 35.5. The van der Waals surface area contributed by atoms with Crippen LogP contribution in [0.2, 0.25) is 15.1 Å². The number of carboxylic acid groups (broad SMARTS) is 2. The van der Waals surface area contributed by atoms with Gasteiger partial charge < -0.3 is 26.4 Å². The van der Waals surface area contributed by atoms with E-state index in [1.165, 1.54) is 6.07 Å². The number of aromatic carboxylic acids is 2. The number of anilines is 2. The highest BCUT2D eigenvalue weighted by molar-refractivity contribution is 6.41. The molecule has 0 fully saturated rings. The smallest absolute Gasteiger partial charge is 0.433 e. The van der Waals surface area contributed by atoms with E-state index in [1.54, 1.807) is 0 Å². The van der Waals surface area contributed by atoms with Crippen LogP contribution in [0.5, 0.6) is 5.88 Å². The Labute approximate surface area is 262 Å². The number of ether oxygens (including phenoxy) is 1. The zero-order valence-corrected chi connectivity index (χ0v) is 24.2. The van der Waals surface area contributed by atoms with Crippen molar-refractivity contribution >= 4 is 58.1 Å². The van der Waals surface area contributed by atoms with Crippen molar-refractivity contribution in [3.63, 3.8) is 0 Å². The van der Waals surface area contributed by atoms with Gasteiger partial charge in [-0.05, 0) is 30.3 Å². The molecule has 4 rings (SSSR count). The average molecular weight is 700 g/mol. The maximum atomic E-state index is 12.7. The van der Waals surface area contributed by atoms with E-state index in [1.807, 2.05) is 0 Å². The second kappa shape index (κ2) is 13.2. The van der Waals surface area contributed by atoms with E-state index >= 15 is 0 Å². The lowest BCUT2D eigenvalue weighted by Crippen LogP contribution is -2.10. The minimum Gasteiger partial charge on any atom is -0.480 e. The van der Waals surface area contributed by atoms with E-state index in [4.69, 9.17) is 61.2 Å². The largest absolute Gasteiger partial charge is 0.480 e. The molecule has 4 aromatic rings. The molecule has 0 atom stereocenters. The number of alkyl halides is 6. The fourth-order valence-corrected chi connectivity index (χ4v) is 4.06. The van der Waals surface area contributed by atoms with Crippen molar-refractivity contribution in [1.82, 2.24) is 19.9 Å². The summed E-state index contributed by atoms with van der Waals surface area (Å²) >= 11 is 17.4. The molecule has 20 heteroatoms. The number of carboxylic acids is 2. The number of nitrogens with two attached hydrogens (primary N) is 2. The fourth-order valence-electron chi connectivity index (χ4n) is 3.37. The summed E-state index contributed by atoms with van der Waals surface area (Å²) in [6.45, 7) is 0. The van der Waals surface area contributed by atoms with Crippen LogP contribution >= 0.6 is 34.8 Å². The van der Waals surface area contributed by atoms with Crippen LogP contribution in [0.3, 0.4) is 0 Å². The van der Waals surface area contributed by atoms with Crippen LogP contribution in [-0.2, 0) is 12.4 Å². The molecule has 0 aliphatic rings. The molecule has 0 spiro atoms. The summed E-state index contributed by atoms with van der Waals surface area (Å²) in [4.78, 5) is 36.3. The Kier molecular flexibility index (Phi) is 10.2. The van der Waals surface area contributed by atoms with Gasteiger partial charge in [-0.2, -0.15) is 26.3 Å². The Morgan fingerprint density at radius 3 is 1.84 bits per heavy atom. The third-order valence-electron chi connectivity index (χ3n) is 5.45. The van der Waals surface area contributed by atoms with Crippen molar-refractivity contribution in [3.8, 4) is 28.4 Å². The summed E-state index contributed by atoms with van der Waals surface area (Å²) in [6.07, 6.45) is -8.37. The second-order valence-corrected chi connectivity index (χ2v) is 9.54. The topological polar surface area (TPSA) is 187 Å². The van der Waals surface area contributed by atoms with Crippen LogP contribution in [0.15, 0.2) is 36.5 Å². The van der Waals surface area contributed by atoms with Gasteiger partial charge in [0, 0.05) is 11.8 Å². The average Bonchev–Trinajstić information content (AvgIpc) is 2.96. The van der Waals surface area contributed by atoms with Crippen molar-refractivity contribution < 1.29 is 50.9 Å². The maximum Gasteiger partial charge on any atom is 0.433 e. The first-order valence-corrected chi connectivity index (χ1v) is 12.6. The van der Waals surface area contributed by atoms with Gasteiger partial charge in [0.05, 0.1) is 50.5 Å². The van der Waals surface area contributed by atoms with Crippen molar-refractivity contribution in [2.45, 2.75) is 12.4 Å². The molecular weight excluding hydrogens is 685 g/mol. The lowest BCUT2D eigenvalue weighted by molar-refractivity contribution is -0.142. The summed E-state index contributed by atoms with van der Waals surface area (Å²) in [5, 5.41) is 17.3. The normalized spacial score (nSPS) is 11.4. The van der Waals surface area contributed by atoms with Gasteiger partial charge >= 0.3 is 24.3 Å². The molecule has 0 aliphatic carbocycles. The molecular formula is C25H15Cl3F6N6O5. The molecule has 0 bridgehead atoms. The van der Waals surface area contributed by atoms with Crippen LogP contribution in [0.25, 0.3) is 22.5 Å². The molecule has 0 unspecified atom stereocenters. The Morgan fingerprint density at radius 2 is 1.36 bits per heavy atom. The number of aromatic nitrogens is 4. The molecule has 0 saturated carbocycles. The quantitative estimate of drug-likeness (QED) is 0.160. The molecule has 4 heterocycles. The van der Waals surface area contributed by atoms with Gasteiger partial charge in [-0.1, -0.05) is 34.8 Å². The lowest BCUT2D eigenvalue weighted by Gasteiger charge is -2.12. The Bertz CT molecular complexity index is 1790. The number of hydrogen-bond acceptors (Lipinski definition) is 9. The van der Waals surface area contributed by atoms with E-state index in [9.17, 15) is 35.9 Å². The summed E-state index contributed by atoms with van der Waals surface area (Å²) in [5.74, 6) is -3.25. The molecule has 0 aliphatic heterocycles. The Balaban J connectivity index is 0.000000246. The van der Waals surface area contributed by atoms with Crippen molar-refractivity contribution in [1.29, 1.82) is 0 Å². The van der Waals surface area contributed by atoms with Gasteiger partial charge in [0.15, 0.2) is 11.4 Å². The van der Waals surface area contributed by atoms with E-state index in [0.29, 0.717) is 0 Å². The van der Waals surface area contributed by atoms with E-state index in [2.05, 4.69) is 19.9 Å². The van der Waals surface area contributed by atoms with Gasteiger partial charge in [0.25, 0.3) is 0 Å². The van der Waals surface area contributed by atoms with Crippen LogP contribution in [0.1, 0.15) is 32.4 Å². The van der Waals surface area contributed by atoms with Gasteiger partial charge in [0.2, 0.25) is 5.88 Å². The fraction of sp³-hybridized carbons (Fsp3) is 0.120. The zero-order valence-electron chi connectivity index (χ0n) is 21.9. The van der Waals surface area contributed by atoms with Gasteiger partial charge in [-0.25, -0.2) is 24.5 Å². The van der Waals surface area contributed by atoms with Gasteiger partial charge in [-0.3, -0.25) is 4.98 Å². The highest BCUT2D eigenvalue weighted by Gasteiger charge is 2.34. The molecule has 6 N–H and O–H groups in total. The van der Waals surface area contributed by atoms with E-state index in [-0.39, 0.29) is 54.8 Å². The summed E-state index contributed by atoms with van der Waals surface area (Å²) in [5.41, 5.74) is 7.52. The first-order valence-electron chi connectivity index (χ1n) is 11.5. The van der Waals surface area contributed by atoms with Crippen LogP contribution in [-0.4, -0.2) is 49.2 Å². The number of nitrogens with zero attached hydrogens (tertiary/aromatic N) is 4. The Morgan fingerprint density at radius 1 is 0.800 bits per heavy atom. The van der Waals surface area contributed by atoms with Gasteiger partial charge in [-0.15, -0.1) is 0 Å². The number of rotatable bonds is 5. The van der Waals surface area contributed by atoms with E-state index < -0.39 is 47.1 Å². The van der Waals surface area contributed by atoms with E-state index in [0.717, 1.165) is 37.6 Å². The van der Waals surface area contributed by atoms with Gasteiger partial charge in [0.1, 0.15) is 11.4 Å². The number of methoxy groups -OCH3 is 1. The number of hydrogen-bond donors (Lipinski definition) is 4. The monoisotopic (exact) mass is 698 g/mol. The first kappa shape index (κ1) is 34.9. The predicted molar refractivity (Wildman–Crippen MR) is 149 cm³/mol. The summed E-state index contributed by atoms with van der Waals surface area (Å²) < 4.78 is 80.3. The zero-order chi connectivity index (χ0) is 34.0. The number of nitrogen functional groups attached to an aromatic ring is 2. The minimum absolute atomic E-state index is 0.0256. The van der Waals surface area contributed by atoms with Crippen molar-refractivity contribution in [2.24, 2.45) is 0 Å². The molecule has 0 saturated heterocycles. The maximum absolute atomic E-state index is 12.7. The van der Waals surface area contributed by atoms with Crippen molar-refractivity contribution in [2.75, 3.05) is 18.6 Å². The van der Waals surface area contributed by atoms with Crippen LogP contribution in [0, 0.1) is 0 Å². The molecule has 4 aromatic heterocycles. The first-order chi connectivity index (χ1) is 20.8. The van der Waals surface area contributed by atoms with Crippen LogP contribution in [0.4, 0.5) is 37.7 Å². The number of carbonyl (C=O) groups is 2.